The molecule has 0 aromatic rings. The molecule has 0 bridgehead atoms. The van der Waals surface area contributed by atoms with Crippen molar-refractivity contribution < 1.29 is 27.8 Å². The molecule has 3 N–H and O–H groups in total. The van der Waals surface area contributed by atoms with Gasteiger partial charge in [0.25, 0.3) is 0 Å². The quantitative estimate of drug-likeness (QED) is 0.721. The van der Waals surface area contributed by atoms with E-state index in [2.05, 4.69) is 4.74 Å². The molecule has 0 heterocycles. The molecule has 0 radical (unpaired) electrons. The van der Waals surface area contributed by atoms with Gasteiger partial charge in [0.1, 0.15) is 0 Å². The molecule has 0 rings (SSSR count). The van der Waals surface area contributed by atoms with Crippen LogP contribution in [0.25, 0.3) is 0 Å². The standard InChI is InChI=1S/C8H14F3NO3/c1-2-7(5-12,6(13)14)3-4-15-8(9,10)11/h2-5,12H2,1H3,(H,13,14). The van der Waals surface area contributed by atoms with E-state index in [0.29, 0.717) is 0 Å². The first-order chi connectivity index (χ1) is 6.77. The lowest BCUT2D eigenvalue weighted by Gasteiger charge is -2.26. The maximum atomic E-state index is 11.6. The minimum atomic E-state index is -4.73. The fourth-order valence-electron chi connectivity index (χ4n) is 1.13. The SMILES string of the molecule is CCC(CN)(CCOC(F)(F)F)C(=O)O. The van der Waals surface area contributed by atoms with Crippen molar-refractivity contribution in [2.75, 3.05) is 13.2 Å². The molecule has 90 valence electrons. The van der Waals surface area contributed by atoms with Gasteiger partial charge in [-0.15, -0.1) is 13.2 Å². The predicted octanol–water partition coefficient (Wildman–Crippen LogP) is 1.35. The molecule has 7 heteroatoms. The Bertz CT molecular complexity index is 214. The van der Waals surface area contributed by atoms with E-state index in [1.54, 1.807) is 6.92 Å². The van der Waals surface area contributed by atoms with Crippen LogP contribution in [0.3, 0.4) is 0 Å². The number of carboxylic acids is 1. The third-order valence-electron chi connectivity index (χ3n) is 2.37. The molecule has 0 aliphatic rings. The van der Waals surface area contributed by atoms with E-state index < -0.39 is 24.4 Å². The molecular formula is C8H14F3NO3. The van der Waals surface area contributed by atoms with Crippen molar-refractivity contribution in [3.05, 3.63) is 0 Å². The average Bonchev–Trinajstić information content (AvgIpc) is 2.10. The Balaban J connectivity index is 4.26. The second-order valence-electron chi connectivity index (χ2n) is 3.19. The lowest BCUT2D eigenvalue weighted by molar-refractivity contribution is -0.326. The first-order valence-corrected chi connectivity index (χ1v) is 4.41. The maximum Gasteiger partial charge on any atom is 0.522 e. The average molecular weight is 229 g/mol. The highest BCUT2D eigenvalue weighted by Gasteiger charge is 2.37. The number of carboxylic acid groups (broad SMARTS) is 1. The first-order valence-electron chi connectivity index (χ1n) is 4.41. The van der Waals surface area contributed by atoms with Crippen LogP contribution in [0, 0.1) is 5.41 Å². The van der Waals surface area contributed by atoms with Gasteiger partial charge in [-0.3, -0.25) is 9.53 Å². The van der Waals surface area contributed by atoms with E-state index in [0.717, 1.165) is 0 Å². The van der Waals surface area contributed by atoms with Gasteiger partial charge in [-0.2, -0.15) is 0 Å². The van der Waals surface area contributed by atoms with Gasteiger partial charge in [0, 0.05) is 6.54 Å². The van der Waals surface area contributed by atoms with E-state index in [-0.39, 0.29) is 19.4 Å². The van der Waals surface area contributed by atoms with Gasteiger partial charge in [0.15, 0.2) is 0 Å². The van der Waals surface area contributed by atoms with Crippen LogP contribution in [0.4, 0.5) is 13.2 Å². The molecule has 0 aliphatic carbocycles. The van der Waals surface area contributed by atoms with Gasteiger partial charge >= 0.3 is 12.3 Å². The summed E-state index contributed by atoms with van der Waals surface area (Å²) in [6.45, 7) is 0.662. The van der Waals surface area contributed by atoms with Gasteiger partial charge in [-0.1, -0.05) is 6.92 Å². The molecule has 0 amide bonds. The van der Waals surface area contributed by atoms with Crippen molar-refractivity contribution in [1.82, 2.24) is 0 Å². The summed E-state index contributed by atoms with van der Waals surface area (Å²) >= 11 is 0. The molecular weight excluding hydrogens is 215 g/mol. The Labute approximate surface area is 85.2 Å². The van der Waals surface area contributed by atoms with Gasteiger partial charge in [0.2, 0.25) is 0 Å². The van der Waals surface area contributed by atoms with Crippen LogP contribution >= 0.6 is 0 Å². The number of hydrogen-bond donors (Lipinski definition) is 2. The maximum absolute atomic E-state index is 11.6. The van der Waals surface area contributed by atoms with Crippen LogP contribution in [-0.2, 0) is 9.53 Å². The summed E-state index contributed by atoms with van der Waals surface area (Å²) in [5.41, 5.74) is 3.92. The summed E-state index contributed by atoms with van der Waals surface area (Å²) in [5.74, 6) is -1.20. The number of aliphatic carboxylic acids is 1. The second-order valence-corrected chi connectivity index (χ2v) is 3.19. The minimum Gasteiger partial charge on any atom is -0.481 e. The molecule has 0 aliphatic heterocycles. The Hall–Kier alpha value is -0.820. The molecule has 0 aromatic carbocycles. The highest BCUT2D eigenvalue weighted by Crippen LogP contribution is 2.27. The Morgan fingerprint density at radius 3 is 2.27 bits per heavy atom. The Kier molecular flexibility index (Phi) is 5.02. The second kappa shape index (κ2) is 5.32. The van der Waals surface area contributed by atoms with Crippen LogP contribution in [0.15, 0.2) is 0 Å². The molecule has 1 atom stereocenters. The fraction of sp³-hybridized carbons (Fsp3) is 0.875. The molecule has 0 saturated heterocycles. The van der Waals surface area contributed by atoms with Gasteiger partial charge in [0.05, 0.1) is 12.0 Å². The monoisotopic (exact) mass is 229 g/mol. The summed E-state index contributed by atoms with van der Waals surface area (Å²) in [6.07, 6.45) is -4.82. The zero-order valence-corrected chi connectivity index (χ0v) is 8.30. The molecule has 0 spiro atoms. The van der Waals surface area contributed by atoms with E-state index in [1.807, 2.05) is 0 Å². The normalized spacial score (nSPS) is 16.1. The van der Waals surface area contributed by atoms with E-state index in [1.165, 1.54) is 0 Å². The van der Waals surface area contributed by atoms with Crippen molar-refractivity contribution in [1.29, 1.82) is 0 Å². The van der Waals surface area contributed by atoms with Crippen molar-refractivity contribution >= 4 is 5.97 Å². The highest BCUT2D eigenvalue weighted by atomic mass is 19.4. The molecule has 1 unspecified atom stereocenters. The van der Waals surface area contributed by atoms with E-state index in [4.69, 9.17) is 10.8 Å². The number of hydrogen-bond acceptors (Lipinski definition) is 3. The van der Waals surface area contributed by atoms with Gasteiger partial charge in [-0.05, 0) is 12.8 Å². The zero-order chi connectivity index (χ0) is 12.1. The van der Waals surface area contributed by atoms with Crippen LogP contribution in [0.5, 0.6) is 0 Å². The van der Waals surface area contributed by atoms with E-state index >= 15 is 0 Å². The molecule has 0 fully saturated rings. The number of rotatable bonds is 6. The van der Waals surface area contributed by atoms with Crippen LogP contribution in [0.2, 0.25) is 0 Å². The summed E-state index contributed by atoms with van der Waals surface area (Å²) in [7, 11) is 0. The smallest absolute Gasteiger partial charge is 0.481 e. The van der Waals surface area contributed by atoms with Crippen molar-refractivity contribution in [2.24, 2.45) is 11.1 Å². The Morgan fingerprint density at radius 1 is 1.47 bits per heavy atom. The van der Waals surface area contributed by atoms with Crippen molar-refractivity contribution in [2.45, 2.75) is 26.1 Å². The third-order valence-corrected chi connectivity index (χ3v) is 2.37. The lowest BCUT2D eigenvalue weighted by Crippen LogP contribution is -2.39. The molecule has 0 aromatic heterocycles. The summed E-state index contributed by atoms with van der Waals surface area (Å²) < 4.78 is 38.4. The highest BCUT2D eigenvalue weighted by molar-refractivity contribution is 5.74. The van der Waals surface area contributed by atoms with Crippen LogP contribution in [0.1, 0.15) is 19.8 Å². The number of halogens is 3. The number of ether oxygens (including phenoxy) is 1. The van der Waals surface area contributed by atoms with Crippen molar-refractivity contribution in [3.63, 3.8) is 0 Å². The van der Waals surface area contributed by atoms with Gasteiger partial charge in [-0.25, -0.2) is 0 Å². The van der Waals surface area contributed by atoms with Gasteiger partial charge < -0.3 is 10.8 Å². The zero-order valence-electron chi connectivity index (χ0n) is 8.30. The molecule has 4 nitrogen and oxygen atoms in total. The minimum absolute atomic E-state index is 0.167. The fourth-order valence-corrected chi connectivity index (χ4v) is 1.13. The Morgan fingerprint density at radius 2 is 2.00 bits per heavy atom. The number of alkyl halides is 3. The number of carbonyl (C=O) groups is 1. The molecule has 15 heavy (non-hydrogen) atoms. The summed E-state index contributed by atoms with van der Waals surface area (Å²) in [4.78, 5) is 10.8. The number of nitrogens with two attached hydrogens (primary N) is 1. The van der Waals surface area contributed by atoms with Crippen molar-refractivity contribution in [3.8, 4) is 0 Å². The third kappa shape index (κ3) is 4.48. The molecule has 0 saturated carbocycles. The predicted molar refractivity (Wildman–Crippen MR) is 46.0 cm³/mol. The topological polar surface area (TPSA) is 72.5 Å². The first kappa shape index (κ1) is 14.2. The summed E-state index contributed by atoms with van der Waals surface area (Å²) in [6, 6.07) is 0. The van der Waals surface area contributed by atoms with E-state index in [9.17, 15) is 18.0 Å². The largest absolute Gasteiger partial charge is 0.522 e. The van der Waals surface area contributed by atoms with Crippen LogP contribution in [-0.4, -0.2) is 30.6 Å². The van der Waals surface area contributed by atoms with Crippen LogP contribution < -0.4 is 5.73 Å². The summed E-state index contributed by atoms with van der Waals surface area (Å²) in [5, 5.41) is 8.84. The lowest BCUT2D eigenvalue weighted by atomic mass is 9.82.